The molecule has 1 aromatic heterocycles. The van der Waals surface area contributed by atoms with Crippen molar-refractivity contribution in [2.75, 3.05) is 63.8 Å². The summed E-state index contributed by atoms with van der Waals surface area (Å²) in [6.07, 6.45) is 3.43. The van der Waals surface area contributed by atoms with Crippen LogP contribution in [-0.4, -0.2) is 84.8 Å². The lowest BCUT2D eigenvalue weighted by atomic mass is 10.3. The van der Waals surface area contributed by atoms with E-state index < -0.39 is 0 Å². The van der Waals surface area contributed by atoms with Gasteiger partial charge in [-0.3, -0.25) is 4.79 Å². The first-order valence-corrected chi connectivity index (χ1v) is 8.56. The number of anilines is 1. The van der Waals surface area contributed by atoms with Crippen LogP contribution in [0.1, 0.15) is 12.8 Å². The molecule has 3 heterocycles. The van der Waals surface area contributed by atoms with Crippen molar-refractivity contribution >= 4 is 11.7 Å². The van der Waals surface area contributed by atoms with Gasteiger partial charge in [0.25, 0.3) is 0 Å². The van der Waals surface area contributed by atoms with Crippen LogP contribution in [0, 0.1) is 0 Å². The predicted octanol–water partition coefficient (Wildman–Crippen LogP) is -0.189. The lowest BCUT2D eigenvalue weighted by Crippen LogP contribution is -2.47. The highest BCUT2D eigenvalue weighted by molar-refractivity contribution is 5.76. The fourth-order valence-corrected chi connectivity index (χ4v) is 3.21. The van der Waals surface area contributed by atoms with E-state index >= 15 is 0 Å². The molecule has 0 atom stereocenters. The monoisotopic (exact) mass is 318 g/mol. The summed E-state index contributed by atoms with van der Waals surface area (Å²) in [6.45, 7) is 8.36. The molecule has 0 aromatic carbocycles. The number of nitrogens with one attached hydrogen (secondary N) is 1. The maximum atomic E-state index is 12.3. The number of nitrogens with zero attached hydrogens (tertiary/aromatic N) is 5. The molecule has 0 aliphatic carbocycles. The number of hydrogen-bond donors (Lipinski definition) is 1. The van der Waals surface area contributed by atoms with Crippen molar-refractivity contribution in [3.05, 3.63) is 18.3 Å². The third-order valence-electron chi connectivity index (χ3n) is 4.58. The summed E-state index contributed by atoms with van der Waals surface area (Å²) in [5, 5.41) is 11.4. The summed E-state index contributed by atoms with van der Waals surface area (Å²) >= 11 is 0. The Kier molecular flexibility index (Phi) is 5.76. The average molecular weight is 318 g/mol. The van der Waals surface area contributed by atoms with Gasteiger partial charge in [0, 0.05) is 65.0 Å². The average Bonchev–Trinajstić information content (AvgIpc) is 2.87. The van der Waals surface area contributed by atoms with Gasteiger partial charge < -0.3 is 20.0 Å². The molecule has 2 aliphatic rings. The van der Waals surface area contributed by atoms with Crippen molar-refractivity contribution in [3.8, 4) is 0 Å². The van der Waals surface area contributed by atoms with E-state index in [-0.39, 0.29) is 0 Å². The Balaban J connectivity index is 1.44. The van der Waals surface area contributed by atoms with Crippen LogP contribution in [0.15, 0.2) is 18.3 Å². The Hall–Kier alpha value is -1.73. The van der Waals surface area contributed by atoms with Crippen LogP contribution in [-0.2, 0) is 4.79 Å². The summed E-state index contributed by atoms with van der Waals surface area (Å²) in [5.41, 5.74) is 0. The van der Waals surface area contributed by atoms with Gasteiger partial charge in [-0.25, -0.2) is 0 Å². The van der Waals surface area contributed by atoms with Crippen molar-refractivity contribution < 1.29 is 4.79 Å². The first kappa shape index (κ1) is 16.1. The van der Waals surface area contributed by atoms with Gasteiger partial charge in [-0.1, -0.05) is 0 Å². The molecule has 126 valence electrons. The fourth-order valence-electron chi connectivity index (χ4n) is 3.21. The summed E-state index contributed by atoms with van der Waals surface area (Å²) in [4.78, 5) is 18.9. The molecule has 7 heteroatoms. The second kappa shape index (κ2) is 8.21. The second-order valence-corrected chi connectivity index (χ2v) is 6.14. The lowest BCUT2D eigenvalue weighted by Gasteiger charge is -2.28. The van der Waals surface area contributed by atoms with E-state index in [0.717, 1.165) is 71.1 Å². The molecule has 23 heavy (non-hydrogen) atoms. The van der Waals surface area contributed by atoms with Gasteiger partial charge in [0.15, 0.2) is 5.82 Å². The lowest BCUT2D eigenvalue weighted by molar-refractivity contribution is -0.132. The van der Waals surface area contributed by atoms with Gasteiger partial charge in [0.2, 0.25) is 5.91 Å². The minimum Gasteiger partial charge on any atom is -0.354 e. The molecule has 0 radical (unpaired) electrons. The highest BCUT2D eigenvalue weighted by Gasteiger charge is 2.19. The molecule has 7 nitrogen and oxygen atoms in total. The zero-order valence-electron chi connectivity index (χ0n) is 13.7. The van der Waals surface area contributed by atoms with E-state index in [9.17, 15) is 4.79 Å². The van der Waals surface area contributed by atoms with E-state index in [4.69, 9.17) is 0 Å². The predicted molar refractivity (Wildman–Crippen MR) is 89.4 cm³/mol. The number of aromatic nitrogens is 2. The summed E-state index contributed by atoms with van der Waals surface area (Å²) in [7, 11) is 0. The van der Waals surface area contributed by atoms with Gasteiger partial charge in [0.05, 0.1) is 0 Å². The van der Waals surface area contributed by atoms with Crippen LogP contribution in [0.2, 0.25) is 0 Å². The largest absolute Gasteiger partial charge is 0.354 e. The first-order chi connectivity index (χ1) is 11.3. The molecule has 1 N–H and O–H groups in total. The van der Waals surface area contributed by atoms with E-state index in [1.54, 1.807) is 6.20 Å². The molecule has 2 aliphatic heterocycles. The number of piperazine rings is 1. The standard InChI is InChI=1S/C16H26N6O/c23-16(22-11-6-17-7-12-22)4-10-20-8-2-9-21(14-13-20)15-3-1-5-18-19-15/h1,3,5,17H,2,4,6-14H2. The smallest absolute Gasteiger partial charge is 0.223 e. The zero-order chi connectivity index (χ0) is 15.9. The maximum Gasteiger partial charge on any atom is 0.223 e. The molecule has 0 bridgehead atoms. The number of carbonyl (C=O) groups excluding carboxylic acids is 1. The number of hydrogen-bond acceptors (Lipinski definition) is 6. The van der Waals surface area contributed by atoms with Crippen molar-refractivity contribution in [1.82, 2.24) is 25.3 Å². The van der Waals surface area contributed by atoms with E-state index in [0.29, 0.717) is 12.3 Å². The molecule has 1 aromatic rings. The maximum absolute atomic E-state index is 12.3. The van der Waals surface area contributed by atoms with Crippen LogP contribution in [0.4, 0.5) is 5.82 Å². The van der Waals surface area contributed by atoms with Gasteiger partial charge in [-0.2, -0.15) is 5.10 Å². The Labute approximate surface area is 137 Å². The molecule has 2 saturated heterocycles. The van der Waals surface area contributed by atoms with Crippen LogP contribution < -0.4 is 10.2 Å². The summed E-state index contributed by atoms with van der Waals surface area (Å²) in [5.74, 6) is 1.24. The van der Waals surface area contributed by atoms with Crippen LogP contribution >= 0.6 is 0 Å². The minimum absolute atomic E-state index is 0.293. The van der Waals surface area contributed by atoms with Gasteiger partial charge in [-0.05, 0) is 25.1 Å². The highest BCUT2D eigenvalue weighted by Crippen LogP contribution is 2.12. The van der Waals surface area contributed by atoms with Crippen LogP contribution in [0.3, 0.4) is 0 Å². The molecule has 3 rings (SSSR count). The van der Waals surface area contributed by atoms with Crippen LogP contribution in [0.25, 0.3) is 0 Å². The Morgan fingerprint density at radius 3 is 2.78 bits per heavy atom. The summed E-state index contributed by atoms with van der Waals surface area (Å²) < 4.78 is 0. The minimum atomic E-state index is 0.293. The Morgan fingerprint density at radius 2 is 2.00 bits per heavy atom. The summed E-state index contributed by atoms with van der Waals surface area (Å²) in [6, 6.07) is 3.94. The van der Waals surface area contributed by atoms with E-state index in [1.807, 2.05) is 17.0 Å². The fraction of sp³-hybridized carbons (Fsp3) is 0.688. The van der Waals surface area contributed by atoms with Gasteiger partial charge in [0.1, 0.15) is 0 Å². The van der Waals surface area contributed by atoms with Crippen molar-refractivity contribution in [2.24, 2.45) is 0 Å². The van der Waals surface area contributed by atoms with Crippen molar-refractivity contribution in [1.29, 1.82) is 0 Å². The number of amides is 1. The molecular weight excluding hydrogens is 292 g/mol. The molecule has 0 saturated carbocycles. The van der Waals surface area contributed by atoms with E-state index in [2.05, 4.69) is 25.3 Å². The molecule has 1 amide bonds. The molecule has 2 fully saturated rings. The third kappa shape index (κ3) is 4.62. The zero-order valence-corrected chi connectivity index (χ0v) is 13.7. The Bertz CT molecular complexity index is 491. The van der Waals surface area contributed by atoms with Crippen molar-refractivity contribution in [2.45, 2.75) is 12.8 Å². The third-order valence-corrected chi connectivity index (χ3v) is 4.58. The quantitative estimate of drug-likeness (QED) is 0.830. The number of rotatable bonds is 4. The number of carbonyl (C=O) groups is 1. The highest BCUT2D eigenvalue weighted by atomic mass is 16.2. The normalized spacial score (nSPS) is 20.3. The molecule has 0 spiro atoms. The van der Waals surface area contributed by atoms with E-state index in [1.165, 1.54) is 0 Å². The molecule has 0 unspecified atom stereocenters. The van der Waals surface area contributed by atoms with Gasteiger partial charge >= 0.3 is 0 Å². The molecular formula is C16H26N6O. The van der Waals surface area contributed by atoms with Crippen LogP contribution in [0.5, 0.6) is 0 Å². The van der Waals surface area contributed by atoms with Crippen molar-refractivity contribution in [3.63, 3.8) is 0 Å². The van der Waals surface area contributed by atoms with Gasteiger partial charge in [-0.15, -0.1) is 5.10 Å². The Morgan fingerprint density at radius 1 is 1.13 bits per heavy atom. The SMILES string of the molecule is O=C(CCN1CCCN(c2cccnn2)CC1)N1CCNCC1. The topological polar surface area (TPSA) is 64.6 Å². The first-order valence-electron chi connectivity index (χ1n) is 8.56. The second-order valence-electron chi connectivity index (χ2n) is 6.14.